The van der Waals surface area contributed by atoms with Crippen LogP contribution in [0.4, 0.5) is 10.1 Å². The molecule has 104 valence electrons. The molecule has 0 saturated heterocycles. The van der Waals surface area contributed by atoms with Crippen molar-refractivity contribution in [2.24, 2.45) is 0 Å². The first-order valence-electron chi connectivity index (χ1n) is 5.87. The number of nitrogens with zero attached hydrogens (tertiary/aromatic N) is 1. The third-order valence-electron chi connectivity index (χ3n) is 2.65. The second kappa shape index (κ2) is 6.01. The van der Waals surface area contributed by atoms with E-state index in [0.717, 1.165) is 0 Å². The molecule has 0 amide bonds. The summed E-state index contributed by atoms with van der Waals surface area (Å²) in [5, 5.41) is 11.8. The summed E-state index contributed by atoms with van der Waals surface area (Å²) in [6.07, 6.45) is 0. The molecule has 1 aromatic carbocycles. The van der Waals surface area contributed by atoms with Gasteiger partial charge in [0.1, 0.15) is 5.69 Å². The van der Waals surface area contributed by atoms with Crippen molar-refractivity contribution in [1.82, 2.24) is 4.98 Å². The second-order valence-corrected chi connectivity index (χ2v) is 4.02. The zero-order valence-electron chi connectivity index (χ0n) is 10.8. The molecule has 1 heterocycles. The summed E-state index contributed by atoms with van der Waals surface area (Å²) in [6, 6.07) is 9.21. The van der Waals surface area contributed by atoms with Crippen LogP contribution >= 0.6 is 0 Å². The number of carboxylic acids is 1. The molecule has 0 aliphatic carbocycles. The maximum Gasteiger partial charge on any atom is 0.354 e. The number of anilines is 1. The first kappa shape index (κ1) is 13.8. The van der Waals surface area contributed by atoms with E-state index in [0.29, 0.717) is 17.9 Å². The minimum atomic E-state index is -1.08. The van der Waals surface area contributed by atoms with Gasteiger partial charge >= 0.3 is 5.97 Å². The van der Waals surface area contributed by atoms with Crippen LogP contribution in [0.1, 0.15) is 16.2 Å². The van der Waals surface area contributed by atoms with Crippen LogP contribution in [0.15, 0.2) is 36.4 Å². The zero-order valence-corrected chi connectivity index (χ0v) is 10.8. The van der Waals surface area contributed by atoms with Gasteiger partial charge in [0.25, 0.3) is 0 Å². The van der Waals surface area contributed by atoms with Crippen LogP contribution in [0.3, 0.4) is 0 Å². The number of halogens is 1. The lowest BCUT2D eigenvalue weighted by Gasteiger charge is -2.08. The van der Waals surface area contributed by atoms with Crippen LogP contribution in [0, 0.1) is 5.82 Å². The van der Waals surface area contributed by atoms with E-state index in [-0.39, 0.29) is 11.4 Å². The van der Waals surface area contributed by atoms with Gasteiger partial charge in [-0.1, -0.05) is 6.07 Å². The Hall–Kier alpha value is -2.63. The molecular weight excluding hydrogens is 263 g/mol. The molecule has 0 unspecified atom stereocenters. The number of benzene rings is 1. The number of ether oxygens (including phenoxy) is 1. The molecule has 0 radical (unpaired) electrons. The molecule has 0 spiro atoms. The van der Waals surface area contributed by atoms with E-state index >= 15 is 0 Å². The van der Waals surface area contributed by atoms with Gasteiger partial charge in [0.2, 0.25) is 0 Å². The largest absolute Gasteiger partial charge is 0.494 e. The van der Waals surface area contributed by atoms with Crippen molar-refractivity contribution < 1.29 is 19.0 Å². The SMILES string of the molecule is COc1ccc(NCc2cccc(C(=O)O)n2)cc1F. The predicted molar refractivity (Wildman–Crippen MR) is 71.5 cm³/mol. The average molecular weight is 276 g/mol. The molecule has 1 aromatic heterocycles. The van der Waals surface area contributed by atoms with Crippen molar-refractivity contribution in [2.45, 2.75) is 6.54 Å². The zero-order chi connectivity index (χ0) is 14.5. The van der Waals surface area contributed by atoms with Crippen molar-refractivity contribution in [3.8, 4) is 5.75 Å². The molecule has 2 rings (SSSR count). The summed E-state index contributed by atoms with van der Waals surface area (Å²) in [7, 11) is 1.40. The average Bonchev–Trinajstić information content (AvgIpc) is 2.45. The molecule has 2 N–H and O–H groups in total. The summed E-state index contributed by atoms with van der Waals surface area (Å²) >= 11 is 0. The minimum Gasteiger partial charge on any atom is -0.494 e. The Bertz CT molecular complexity index is 632. The van der Waals surface area contributed by atoms with E-state index in [9.17, 15) is 9.18 Å². The number of hydrogen-bond donors (Lipinski definition) is 2. The van der Waals surface area contributed by atoms with Crippen molar-refractivity contribution in [3.63, 3.8) is 0 Å². The number of pyridine rings is 1. The monoisotopic (exact) mass is 276 g/mol. The summed E-state index contributed by atoms with van der Waals surface area (Å²) in [5.74, 6) is -1.38. The summed E-state index contributed by atoms with van der Waals surface area (Å²) in [6.45, 7) is 0.299. The fourth-order valence-corrected chi connectivity index (χ4v) is 1.67. The Morgan fingerprint density at radius 1 is 1.40 bits per heavy atom. The van der Waals surface area contributed by atoms with Crippen LogP contribution in [0.2, 0.25) is 0 Å². The quantitative estimate of drug-likeness (QED) is 0.878. The Kier molecular flexibility index (Phi) is 4.14. The van der Waals surface area contributed by atoms with E-state index in [1.54, 1.807) is 18.2 Å². The molecular formula is C14H13FN2O3. The topological polar surface area (TPSA) is 71.5 Å². The van der Waals surface area contributed by atoms with Crippen LogP contribution < -0.4 is 10.1 Å². The number of carbonyl (C=O) groups is 1. The number of aromatic carboxylic acids is 1. The third-order valence-corrected chi connectivity index (χ3v) is 2.65. The van der Waals surface area contributed by atoms with Gasteiger partial charge < -0.3 is 15.2 Å². The highest BCUT2D eigenvalue weighted by atomic mass is 19.1. The molecule has 5 nitrogen and oxygen atoms in total. The maximum absolute atomic E-state index is 13.5. The van der Waals surface area contributed by atoms with Crippen molar-refractivity contribution in [2.75, 3.05) is 12.4 Å². The molecule has 0 saturated carbocycles. The molecule has 6 heteroatoms. The number of carboxylic acid groups (broad SMARTS) is 1. The smallest absolute Gasteiger partial charge is 0.354 e. The molecule has 0 aliphatic rings. The Morgan fingerprint density at radius 3 is 2.85 bits per heavy atom. The summed E-state index contributed by atoms with van der Waals surface area (Å²) < 4.78 is 18.3. The van der Waals surface area contributed by atoms with Gasteiger partial charge in [-0.15, -0.1) is 0 Å². The third kappa shape index (κ3) is 3.23. The van der Waals surface area contributed by atoms with E-state index < -0.39 is 11.8 Å². The lowest BCUT2D eigenvalue weighted by molar-refractivity contribution is 0.0690. The lowest BCUT2D eigenvalue weighted by Crippen LogP contribution is -2.06. The maximum atomic E-state index is 13.5. The predicted octanol–water partition coefficient (Wildman–Crippen LogP) is 2.54. The Labute approximate surface area is 115 Å². The highest BCUT2D eigenvalue weighted by Crippen LogP contribution is 2.20. The first-order chi connectivity index (χ1) is 9.60. The molecule has 2 aromatic rings. The molecule has 0 fully saturated rings. The summed E-state index contributed by atoms with van der Waals surface area (Å²) in [5.41, 5.74) is 1.09. The molecule has 0 aliphatic heterocycles. The number of methoxy groups -OCH3 is 1. The standard InChI is InChI=1S/C14H13FN2O3/c1-20-13-6-5-9(7-11(13)15)16-8-10-3-2-4-12(17-10)14(18)19/h2-7,16H,8H2,1H3,(H,18,19). The molecule has 0 bridgehead atoms. The molecule has 20 heavy (non-hydrogen) atoms. The highest BCUT2D eigenvalue weighted by Gasteiger charge is 2.06. The minimum absolute atomic E-state index is 0.0230. The van der Waals surface area contributed by atoms with Gasteiger partial charge in [-0.25, -0.2) is 14.2 Å². The normalized spacial score (nSPS) is 10.1. The number of nitrogens with one attached hydrogen (secondary N) is 1. The second-order valence-electron chi connectivity index (χ2n) is 4.02. The van der Waals surface area contributed by atoms with Crippen LogP contribution in [-0.4, -0.2) is 23.2 Å². The van der Waals surface area contributed by atoms with E-state index in [1.807, 2.05) is 0 Å². The van der Waals surface area contributed by atoms with Crippen LogP contribution in [0.25, 0.3) is 0 Å². The Balaban J connectivity index is 2.07. The number of rotatable bonds is 5. The van der Waals surface area contributed by atoms with Gasteiger partial charge in [-0.2, -0.15) is 0 Å². The van der Waals surface area contributed by atoms with Gasteiger partial charge in [0, 0.05) is 11.8 Å². The van der Waals surface area contributed by atoms with Crippen molar-refractivity contribution in [1.29, 1.82) is 0 Å². The van der Waals surface area contributed by atoms with E-state index in [2.05, 4.69) is 10.3 Å². The van der Waals surface area contributed by atoms with Gasteiger partial charge in [-0.05, 0) is 24.3 Å². The Morgan fingerprint density at radius 2 is 2.20 bits per heavy atom. The van der Waals surface area contributed by atoms with Crippen molar-refractivity contribution >= 4 is 11.7 Å². The fraction of sp³-hybridized carbons (Fsp3) is 0.143. The summed E-state index contributed by atoms with van der Waals surface area (Å²) in [4.78, 5) is 14.8. The van der Waals surface area contributed by atoms with Gasteiger partial charge in [0.15, 0.2) is 11.6 Å². The van der Waals surface area contributed by atoms with Crippen LogP contribution in [-0.2, 0) is 6.54 Å². The van der Waals surface area contributed by atoms with Crippen molar-refractivity contribution in [3.05, 3.63) is 53.6 Å². The fourth-order valence-electron chi connectivity index (χ4n) is 1.67. The van der Waals surface area contributed by atoms with Gasteiger partial charge in [-0.3, -0.25) is 0 Å². The molecule has 0 atom stereocenters. The number of aromatic nitrogens is 1. The first-order valence-corrected chi connectivity index (χ1v) is 5.87. The van der Waals surface area contributed by atoms with Gasteiger partial charge in [0.05, 0.1) is 19.3 Å². The van der Waals surface area contributed by atoms with E-state index in [4.69, 9.17) is 9.84 Å². The van der Waals surface area contributed by atoms with E-state index in [1.165, 1.54) is 25.3 Å². The lowest BCUT2D eigenvalue weighted by atomic mass is 10.2. The highest BCUT2D eigenvalue weighted by molar-refractivity contribution is 5.85. The van der Waals surface area contributed by atoms with Crippen LogP contribution in [0.5, 0.6) is 5.75 Å². The number of hydrogen-bond acceptors (Lipinski definition) is 4.